The van der Waals surface area contributed by atoms with Crippen molar-refractivity contribution in [1.82, 2.24) is 4.31 Å². The summed E-state index contributed by atoms with van der Waals surface area (Å²) in [5.41, 5.74) is -0.323. The van der Waals surface area contributed by atoms with Gasteiger partial charge in [0.15, 0.2) is 5.00 Å². The van der Waals surface area contributed by atoms with Crippen LogP contribution in [0.1, 0.15) is 0 Å². The fraction of sp³-hybridized carbons (Fsp3) is 0.556. The number of sulfonamides is 1. The fourth-order valence-corrected chi connectivity index (χ4v) is 4.77. The average molecular weight is 323 g/mol. The maximum absolute atomic E-state index is 12.3. The molecule has 0 aliphatic carbocycles. The van der Waals surface area contributed by atoms with Crippen molar-refractivity contribution in [3.63, 3.8) is 0 Å². The standard InChI is InChI=1S/C9H13N3O6S2/c1-10-9-5(12(15)16)2-8(19-9)20(17,18)11-3-6(13)7(14)4-11/h2,6-7,10,13-14H,3-4H2,1H3. The van der Waals surface area contributed by atoms with Crippen molar-refractivity contribution in [3.05, 3.63) is 16.2 Å². The van der Waals surface area contributed by atoms with Crippen LogP contribution in [0.25, 0.3) is 0 Å². The molecule has 1 saturated heterocycles. The van der Waals surface area contributed by atoms with E-state index >= 15 is 0 Å². The van der Waals surface area contributed by atoms with Gasteiger partial charge in [-0.25, -0.2) is 8.42 Å². The molecule has 112 valence electrons. The van der Waals surface area contributed by atoms with Crippen molar-refractivity contribution in [2.75, 3.05) is 25.5 Å². The SMILES string of the molecule is CNc1sc(S(=O)(=O)N2CC(O)C(O)C2)cc1[N+](=O)[O-]. The van der Waals surface area contributed by atoms with Crippen molar-refractivity contribution in [3.8, 4) is 0 Å². The summed E-state index contributed by atoms with van der Waals surface area (Å²) in [7, 11) is -2.51. The summed E-state index contributed by atoms with van der Waals surface area (Å²) in [6.45, 7) is -0.464. The molecule has 9 nitrogen and oxygen atoms in total. The normalized spacial score (nSPS) is 23.9. The molecule has 2 atom stereocenters. The van der Waals surface area contributed by atoms with Gasteiger partial charge in [0.1, 0.15) is 4.21 Å². The molecule has 1 aromatic rings. The zero-order valence-corrected chi connectivity index (χ0v) is 12.0. The van der Waals surface area contributed by atoms with Crippen molar-refractivity contribution in [2.45, 2.75) is 16.4 Å². The van der Waals surface area contributed by atoms with Crippen molar-refractivity contribution in [2.24, 2.45) is 0 Å². The van der Waals surface area contributed by atoms with Crippen molar-refractivity contribution >= 4 is 32.0 Å². The van der Waals surface area contributed by atoms with Gasteiger partial charge in [0.25, 0.3) is 10.0 Å². The first-order valence-corrected chi connectivity index (χ1v) is 7.85. The number of hydrogen-bond acceptors (Lipinski definition) is 8. The predicted molar refractivity (Wildman–Crippen MR) is 71.3 cm³/mol. The van der Waals surface area contributed by atoms with E-state index in [9.17, 15) is 28.7 Å². The number of rotatable bonds is 4. The van der Waals surface area contributed by atoms with Crippen LogP contribution in [0.3, 0.4) is 0 Å². The first-order chi connectivity index (χ1) is 9.27. The fourth-order valence-electron chi connectivity index (χ4n) is 1.86. The molecular weight excluding hydrogens is 310 g/mol. The van der Waals surface area contributed by atoms with Crippen molar-refractivity contribution in [1.29, 1.82) is 0 Å². The highest BCUT2D eigenvalue weighted by Crippen LogP contribution is 2.38. The van der Waals surface area contributed by atoms with E-state index in [0.29, 0.717) is 0 Å². The molecule has 0 radical (unpaired) electrons. The van der Waals surface area contributed by atoms with Gasteiger partial charge in [-0.2, -0.15) is 4.31 Å². The van der Waals surface area contributed by atoms with Crippen LogP contribution in [-0.2, 0) is 10.0 Å². The molecule has 0 amide bonds. The third kappa shape index (κ3) is 2.50. The lowest BCUT2D eigenvalue weighted by atomic mass is 10.3. The van der Waals surface area contributed by atoms with Gasteiger partial charge in [-0.1, -0.05) is 11.3 Å². The average Bonchev–Trinajstić information content (AvgIpc) is 2.94. The number of nitrogens with zero attached hydrogens (tertiary/aromatic N) is 2. The summed E-state index contributed by atoms with van der Waals surface area (Å²) >= 11 is 0.738. The Bertz CT molecular complexity index is 618. The highest BCUT2D eigenvalue weighted by Gasteiger charge is 2.39. The summed E-state index contributed by atoms with van der Waals surface area (Å²) in [4.78, 5) is 10.2. The lowest BCUT2D eigenvalue weighted by Crippen LogP contribution is -2.29. The Hall–Kier alpha value is -1.27. The van der Waals surface area contributed by atoms with Gasteiger partial charge in [-0.05, 0) is 0 Å². The molecule has 3 N–H and O–H groups in total. The number of aliphatic hydroxyl groups excluding tert-OH is 2. The van der Waals surface area contributed by atoms with Gasteiger partial charge in [0.2, 0.25) is 0 Å². The highest BCUT2D eigenvalue weighted by atomic mass is 32.2. The van der Waals surface area contributed by atoms with E-state index in [2.05, 4.69) is 5.32 Å². The lowest BCUT2D eigenvalue weighted by Gasteiger charge is -2.13. The quantitative estimate of drug-likeness (QED) is 0.499. The Morgan fingerprint density at radius 3 is 2.40 bits per heavy atom. The Morgan fingerprint density at radius 1 is 1.45 bits per heavy atom. The summed E-state index contributed by atoms with van der Waals surface area (Å²) in [6, 6.07) is 0.975. The highest BCUT2D eigenvalue weighted by molar-refractivity contribution is 7.91. The molecule has 11 heteroatoms. The van der Waals surface area contributed by atoms with Crippen LogP contribution < -0.4 is 5.32 Å². The minimum Gasteiger partial charge on any atom is -0.389 e. The van der Waals surface area contributed by atoms with Gasteiger partial charge >= 0.3 is 5.69 Å². The molecule has 0 bridgehead atoms. The zero-order chi connectivity index (χ0) is 15.1. The van der Waals surface area contributed by atoms with Crippen LogP contribution in [0.4, 0.5) is 10.7 Å². The van der Waals surface area contributed by atoms with Gasteiger partial charge in [-0.15, -0.1) is 0 Å². The van der Waals surface area contributed by atoms with Gasteiger partial charge in [0.05, 0.1) is 17.1 Å². The van der Waals surface area contributed by atoms with Crippen molar-refractivity contribution < 1.29 is 23.6 Å². The summed E-state index contributed by atoms with van der Waals surface area (Å²) in [5.74, 6) is 0. The van der Waals surface area contributed by atoms with E-state index in [1.54, 1.807) is 0 Å². The topological polar surface area (TPSA) is 133 Å². The second kappa shape index (κ2) is 5.26. The molecule has 2 heterocycles. The Balaban J connectivity index is 2.38. The maximum atomic E-state index is 12.3. The second-order valence-electron chi connectivity index (χ2n) is 4.24. The van der Waals surface area contributed by atoms with E-state index in [1.807, 2.05) is 0 Å². The number of hydrogen-bond donors (Lipinski definition) is 3. The molecular formula is C9H13N3O6S2. The molecule has 0 spiro atoms. The molecule has 1 fully saturated rings. The number of thiophene rings is 1. The number of nitrogens with one attached hydrogen (secondary N) is 1. The lowest BCUT2D eigenvalue weighted by molar-refractivity contribution is -0.383. The Kier molecular flexibility index (Phi) is 3.97. The van der Waals surface area contributed by atoms with E-state index in [-0.39, 0.29) is 28.0 Å². The van der Waals surface area contributed by atoms with E-state index < -0.39 is 27.2 Å². The van der Waals surface area contributed by atoms with E-state index in [1.165, 1.54) is 7.05 Å². The smallest absolute Gasteiger partial charge is 0.304 e. The van der Waals surface area contributed by atoms with Gasteiger partial charge in [-0.3, -0.25) is 10.1 Å². The van der Waals surface area contributed by atoms with Gasteiger partial charge < -0.3 is 15.5 Å². The molecule has 20 heavy (non-hydrogen) atoms. The monoisotopic (exact) mass is 323 g/mol. The zero-order valence-electron chi connectivity index (χ0n) is 10.4. The van der Waals surface area contributed by atoms with Crippen LogP contribution in [-0.4, -0.2) is 60.2 Å². The second-order valence-corrected chi connectivity index (χ2v) is 7.46. The van der Waals surface area contributed by atoms with Crippen LogP contribution in [0.2, 0.25) is 0 Å². The minimum absolute atomic E-state index is 0.133. The largest absolute Gasteiger partial charge is 0.389 e. The third-order valence-electron chi connectivity index (χ3n) is 2.93. The summed E-state index contributed by atoms with van der Waals surface area (Å²) < 4.78 is 25.3. The minimum atomic E-state index is -3.96. The summed E-state index contributed by atoms with van der Waals surface area (Å²) in [5, 5.41) is 32.3. The van der Waals surface area contributed by atoms with Crippen LogP contribution in [0, 0.1) is 10.1 Å². The first-order valence-electron chi connectivity index (χ1n) is 5.59. The molecule has 2 unspecified atom stereocenters. The number of nitro groups is 1. The molecule has 0 aromatic carbocycles. The molecule has 1 aliphatic heterocycles. The van der Waals surface area contributed by atoms with E-state index in [0.717, 1.165) is 21.7 Å². The molecule has 2 rings (SSSR count). The van der Waals surface area contributed by atoms with Gasteiger partial charge in [0, 0.05) is 26.2 Å². The van der Waals surface area contributed by atoms with E-state index in [4.69, 9.17) is 0 Å². The van der Waals surface area contributed by atoms with Crippen LogP contribution in [0.15, 0.2) is 10.3 Å². The first kappa shape index (κ1) is 15.1. The predicted octanol–water partition coefficient (Wildman–Crippen LogP) is -0.576. The number of β-amino-alcohol motifs (C(OH)–C–C–N with tert-alkyl or cyclic N) is 2. The summed E-state index contributed by atoms with van der Waals surface area (Å²) in [6.07, 6.45) is -2.30. The maximum Gasteiger partial charge on any atom is 0.304 e. The molecule has 0 saturated carbocycles. The van der Waals surface area contributed by atoms with Crippen LogP contribution >= 0.6 is 11.3 Å². The molecule has 1 aliphatic rings. The Labute approximate surface area is 118 Å². The number of anilines is 1. The van der Waals surface area contributed by atoms with Crippen LogP contribution in [0.5, 0.6) is 0 Å². The Morgan fingerprint density at radius 2 is 2.00 bits per heavy atom. The third-order valence-corrected chi connectivity index (χ3v) is 6.36. The molecule has 1 aromatic heterocycles. The number of aliphatic hydroxyl groups is 2.